The smallest absolute Gasteiger partial charge is 0.262 e. The van der Waals surface area contributed by atoms with Crippen molar-refractivity contribution in [3.05, 3.63) is 22.8 Å². The summed E-state index contributed by atoms with van der Waals surface area (Å²) in [6.07, 6.45) is 3.26. The minimum Gasteiger partial charge on any atom is -0.466 e. The Bertz CT molecular complexity index is 418. The van der Waals surface area contributed by atoms with Crippen molar-refractivity contribution in [1.29, 1.82) is 0 Å². The van der Waals surface area contributed by atoms with Crippen LogP contribution >= 0.6 is 15.9 Å². The van der Waals surface area contributed by atoms with Crippen LogP contribution in [0.1, 0.15) is 5.56 Å². The molecule has 1 aliphatic rings. The highest BCUT2D eigenvalue weighted by molar-refractivity contribution is 9.10. The van der Waals surface area contributed by atoms with Gasteiger partial charge in [0.05, 0.1) is 0 Å². The fourth-order valence-corrected chi connectivity index (χ4v) is 1.69. The number of halogens is 1. The first-order valence-corrected chi connectivity index (χ1v) is 4.75. The third-order valence-electron chi connectivity index (χ3n) is 1.84. The van der Waals surface area contributed by atoms with E-state index < -0.39 is 0 Å². The Kier molecular flexibility index (Phi) is 2.25. The molecule has 1 aromatic rings. The molecule has 1 N–H and O–H groups in total. The van der Waals surface area contributed by atoms with Crippen molar-refractivity contribution in [2.75, 3.05) is 11.9 Å². The van der Waals surface area contributed by atoms with Crippen LogP contribution in [0.3, 0.4) is 0 Å². The minimum absolute atomic E-state index is 0.0121. The summed E-state index contributed by atoms with van der Waals surface area (Å²) in [6.45, 7) is 3.67. The monoisotopic (exact) mass is 254 g/mol. The van der Waals surface area contributed by atoms with Crippen LogP contribution in [-0.4, -0.2) is 17.5 Å². The van der Waals surface area contributed by atoms with Gasteiger partial charge in [0.25, 0.3) is 5.91 Å². The summed E-state index contributed by atoms with van der Waals surface area (Å²) in [5, 5.41) is 2.69. The third-order valence-corrected chi connectivity index (χ3v) is 2.48. The molecule has 1 aliphatic heterocycles. The fraction of sp³-hybridized carbons (Fsp3) is 0.111. The molecule has 1 amide bonds. The number of fused-ring (bicyclic) bond motifs is 1. The molecule has 0 saturated carbocycles. The van der Waals surface area contributed by atoms with Crippen LogP contribution in [0.4, 0.5) is 5.69 Å². The van der Waals surface area contributed by atoms with E-state index in [2.05, 4.69) is 32.8 Å². The first-order chi connectivity index (χ1) is 6.72. The standard InChI is InChI=1S/C9H7BrN2O2/c1-2-5-6(10)3-11-9-8(5)12-7(13)4-14-9/h2-3H,1,4H2,(H,12,13). The van der Waals surface area contributed by atoms with Crippen LogP contribution < -0.4 is 10.1 Å². The zero-order valence-electron chi connectivity index (χ0n) is 7.21. The second-order valence-electron chi connectivity index (χ2n) is 2.74. The van der Waals surface area contributed by atoms with Crippen LogP contribution in [0, 0.1) is 0 Å². The Balaban J connectivity index is 2.59. The van der Waals surface area contributed by atoms with Crippen molar-refractivity contribution >= 4 is 33.6 Å². The van der Waals surface area contributed by atoms with Gasteiger partial charge in [-0.15, -0.1) is 0 Å². The molecule has 0 aliphatic carbocycles. The second-order valence-corrected chi connectivity index (χ2v) is 3.60. The summed E-state index contributed by atoms with van der Waals surface area (Å²) in [4.78, 5) is 15.1. The first kappa shape index (κ1) is 9.21. The molecule has 0 unspecified atom stereocenters. The van der Waals surface area contributed by atoms with E-state index in [0.717, 1.165) is 10.0 Å². The van der Waals surface area contributed by atoms with Crippen LogP contribution in [-0.2, 0) is 4.79 Å². The quantitative estimate of drug-likeness (QED) is 0.832. The zero-order chi connectivity index (χ0) is 10.1. The molecule has 0 saturated heterocycles. The highest BCUT2D eigenvalue weighted by Crippen LogP contribution is 2.34. The normalized spacial score (nSPS) is 13.9. The summed E-state index contributed by atoms with van der Waals surface area (Å²) in [7, 11) is 0. The van der Waals surface area contributed by atoms with E-state index in [1.165, 1.54) is 0 Å². The number of ether oxygens (including phenoxy) is 1. The molecule has 2 rings (SSSR count). The maximum Gasteiger partial charge on any atom is 0.262 e. The number of hydrogen-bond acceptors (Lipinski definition) is 3. The molecule has 0 radical (unpaired) electrons. The summed E-state index contributed by atoms with van der Waals surface area (Å²) in [5.74, 6) is 0.253. The molecule has 0 aromatic carbocycles. The van der Waals surface area contributed by atoms with Crippen LogP contribution in [0.15, 0.2) is 17.2 Å². The molecule has 0 atom stereocenters. The van der Waals surface area contributed by atoms with Gasteiger partial charge in [-0.25, -0.2) is 4.98 Å². The average Bonchev–Trinajstić information content (AvgIpc) is 2.17. The van der Waals surface area contributed by atoms with Gasteiger partial charge in [0, 0.05) is 16.2 Å². The molecular formula is C9H7BrN2O2. The fourth-order valence-electron chi connectivity index (χ4n) is 1.22. The summed E-state index contributed by atoms with van der Waals surface area (Å²) < 4.78 is 5.92. The minimum atomic E-state index is -0.180. The van der Waals surface area contributed by atoms with E-state index in [9.17, 15) is 4.79 Å². The summed E-state index contributed by atoms with van der Waals surface area (Å²) in [6, 6.07) is 0. The number of carbonyl (C=O) groups excluding carboxylic acids is 1. The topological polar surface area (TPSA) is 51.2 Å². The molecule has 2 heterocycles. The van der Waals surface area contributed by atoms with Gasteiger partial charge in [-0.05, 0) is 15.9 Å². The number of anilines is 1. The maximum absolute atomic E-state index is 11.1. The molecule has 1 aromatic heterocycles. The number of pyridine rings is 1. The number of aromatic nitrogens is 1. The Morgan fingerprint density at radius 2 is 2.50 bits per heavy atom. The lowest BCUT2D eigenvalue weighted by Crippen LogP contribution is -2.26. The predicted molar refractivity (Wildman–Crippen MR) is 56.2 cm³/mol. The predicted octanol–water partition coefficient (Wildman–Crippen LogP) is 1.82. The average molecular weight is 255 g/mol. The lowest BCUT2D eigenvalue weighted by molar-refractivity contribution is -0.118. The highest BCUT2D eigenvalue weighted by Gasteiger charge is 2.20. The van der Waals surface area contributed by atoms with E-state index in [1.54, 1.807) is 12.3 Å². The third kappa shape index (κ3) is 1.39. The van der Waals surface area contributed by atoms with Crippen molar-refractivity contribution in [3.63, 3.8) is 0 Å². The van der Waals surface area contributed by atoms with Gasteiger partial charge in [-0.2, -0.15) is 0 Å². The van der Waals surface area contributed by atoms with E-state index >= 15 is 0 Å². The molecule has 14 heavy (non-hydrogen) atoms. The van der Waals surface area contributed by atoms with Crippen molar-refractivity contribution in [2.45, 2.75) is 0 Å². The second kappa shape index (κ2) is 3.42. The number of rotatable bonds is 1. The van der Waals surface area contributed by atoms with Gasteiger partial charge < -0.3 is 10.1 Å². The largest absolute Gasteiger partial charge is 0.466 e. The first-order valence-electron chi connectivity index (χ1n) is 3.96. The Morgan fingerprint density at radius 1 is 1.71 bits per heavy atom. The SMILES string of the molecule is C=Cc1c(Br)cnc2c1NC(=O)CO2. The van der Waals surface area contributed by atoms with Crippen LogP contribution in [0.25, 0.3) is 6.08 Å². The number of nitrogens with zero attached hydrogens (tertiary/aromatic N) is 1. The Morgan fingerprint density at radius 3 is 3.21 bits per heavy atom. The van der Waals surface area contributed by atoms with E-state index in [4.69, 9.17) is 4.74 Å². The van der Waals surface area contributed by atoms with E-state index in [0.29, 0.717) is 11.6 Å². The molecule has 0 fully saturated rings. The lowest BCUT2D eigenvalue weighted by Gasteiger charge is -2.18. The highest BCUT2D eigenvalue weighted by atomic mass is 79.9. The summed E-state index contributed by atoms with van der Waals surface area (Å²) >= 11 is 3.31. The molecule has 0 spiro atoms. The van der Waals surface area contributed by atoms with Gasteiger partial charge in [-0.3, -0.25) is 4.79 Å². The lowest BCUT2D eigenvalue weighted by atomic mass is 10.2. The van der Waals surface area contributed by atoms with Gasteiger partial charge in [0.1, 0.15) is 5.69 Å². The van der Waals surface area contributed by atoms with Crippen molar-refractivity contribution in [3.8, 4) is 5.88 Å². The van der Waals surface area contributed by atoms with Crippen LogP contribution in [0.2, 0.25) is 0 Å². The Hall–Kier alpha value is -1.36. The molecule has 4 nitrogen and oxygen atoms in total. The number of carbonyl (C=O) groups is 1. The molecule has 0 bridgehead atoms. The Labute approximate surface area is 89.1 Å². The number of amides is 1. The zero-order valence-corrected chi connectivity index (χ0v) is 8.80. The summed E-state index contributed by atoms with van der Waals surface area (Å²) in [5.41, 5.74) is 1.36. The van der Waals surface area contributed by atoms with Crippen LogP contribution in [0.5, 0.6) is 5.88 Å². The van der Waals surface area contributed by atoms with E-state index in [1.807, 2.05) is 0 Å². The van der Waals surface area contributed by atoms with Gasteiger partial charge in [0.15, 0.2) is 6.61 Å². The van der Waals surface area contributed by atoms with Crippen molar-refractivity contribution in [2.24, 2.45) is 0 Å². The van der Waals surface area contributed by atoms with Gasteiger partial charge >= 0.3 is 0 Å². The number of nitrogens with one attached hydrogen (secondary N) is 1. The molecular weight excluding hydrogens is 248 g/mol. The molecule has 5 heteroatoms. The van der Waals surface area contributed by atoms with Gasteiger partial charge in [-0.1, -0.05) is 12.7 Å². The van der Waals surface area contributed by atoms with E-state index in [-0.39, 0.29) is 12.5 Å². The van der Waals surface area contributed by atoms with Gasteiger partial charge in [0.2, 0.25) is 5.88 Å². The number of hydrogen-bond donors (Lipinski definition) is 1. The molecule has 72 valence electrons. The van der Waals surface area contributed by atoms with Crippen molar-refractivity contribution in [1.82, 2.24) is 4.98 Å². The maximum atomic E-state index is 11.1. The van der Waals surface area contributed by atoms with Crippen molar-refractivity contribution < 1.29 is 9.53 Å².